The predicted octanol–water partition coefficient (Wildman–Crippen LogP) is 2.22. The van der Waals surface area contributed by atoms with E-state index < -0.39 is 0 Å². The highest BCUT2D eigenvalue weighted by atomic mass is 16.2. The fourth-order valence-electron chi connectivity index (χ4n) is 3.65. The average molecular weight is 295 g/mol. The van der Waals surface area contributed by atoms with Crippen LogP contribution in [0.5, 0.6) is 0 Å². The van der Waals surface area contributed by atoms with Crippen LogP contribution < -0.4 is 5.32 Å². The quantitative estimate of drug-likeness (QED) is 0.806. The summed E-state index contributed by atoms with van der Waals surface area (Å²) in [6, 6.07) is 0.0914. The van der Waals surface area contributed by atoms with Gasteiger partial charge in [-0.1, -0.05) is 19.3 Å². The molecule has 3 amide bonds. The van der Waals surface area contributed by atoms with E-state index in [1.807, 2.05) is 23.8 Å². The summed E-state index contributed by atoms with van der Waals surface area (Å²) in [5, 5.41) is 2.92. The summed E-state index contributed by atoms with van der Waals surface area (Å²) in [4.78, 5) is 28.8. The van der Waals surface area contributed by atoms with Gasteiger partial charge in [0.25, 0.3) is 0 Å². The molecule has 1 heterocycles. The largest absolute Gasteiger partial charge is 0.345 e. The van der Waals surface area contributed by atoms with Crippen LogP contribution in [0.15, 0.2) is 0 Å². The normalized spacial score (nSPS) is 28.0. The number of carbonyl (C=O) groups is 2. The monoisotopic (exact) mass is 295 g/mol. The molecule has 5 nitrogen and oxygen atoms in total. The second kappa shape index (κ2) is 7.66. The number of nitrogens with zero attached hydrogens (tertiary/aromatic N) is 2. The first kappa shape index (κ1) is 16.1. The zero-order valence-corrected chi connectivity index (χ0v) is 13.4. The predicted molar refractivity (Wildman–Crippen MR) is 83.0 cm³/mol. The Hall–Kier alpha value is -1.26. The van der Waals surface area contributed by atoms with E-state index in [1.54, 1.807) is 0 Å². The number of amides is 3. The van der Waals surface area contributed by atoms with E-state index in [4.69, 9.17) is 0 Å². The third kappa shape index (κ3) is 3.89. The molecule has 2 rings (SSSR count). The maximum Gasteiger partial charge on any atom is 0.317 e. The molecule has 0 radical (unpaired) electrons. The molecule has 0 spiro atoms. The van der Waals surface area contributed by atoms with Crippen molar-refractivity contribution in [3.63, 3.8) is 0 Å². The van der Waals surface area contributed by atoms with Crippen LogP contribution in [0.3, 0.4) is 0 Å². The van der Waals surface area contributed by atoms with Gasteiger partial charge in [-0.25, -0.2) is 4.79 Å². The molecule has 21 heavy (non-hydrogen) atoms. The molecule has 0 aromatic carbocycles. The SMILES string of the molecule is CCNC(=O)N1CCCCCCN(C)C(=O)[C@@H]2CCC[C@@H]21. The molecular formula is C16H29N3O2. The molecule has 2 fully saturated rings. The number of fused-ring (bicyclic) bond motifs is 1. The fraction of sp³-hybridized carbons (Fsp3) is 0.875. The van der Waals surface area contributed by atoms with Crippen molar-refractivity contribution in [3.8, 4) is 0 Å². The van der Waals surface area contributed by atoms with Crippen molar-refractivity contribution in [2.24, 2.45) is 5.92 Å². The van der Waals surface area contributed by atoms with Crippen LogP contribution in [-0.4, -0.2) is 54.5 Å². The van der Waals surface area contributed by atoms with E-state index in [0.29, 0.717) is 6.54 Å². The highest BCUT2D eigenvalue weighted by Gasteiger charge is 2.39. The van der Waals surface area contributed by atoms with Gasteiger partial charge in [-0.15, -0.1) is 0 Å². The smallest absolute Gasteiger partial charge is 0.317 e. The summed E-state index contributed by atoms with van der Waals surface area (Å²) < 4.78 is 0. The lowest BCUT2D eigenvalue weighted by molar-refractivity contribution is -0.135. The number of nitrogens with one attached hydrogen (secondary N) is 1. The van der Waals surface area contributed by atoms with Crippen molar-refractivity contribution >= 4 is 11.9 Å². The average Bonchev–Trinajstić information content (AvgIpc) is 2.93. The van der Waals surface area contributed by atoms with Gasteiger partial charge in [-0.2, -0.15) is 0 Å². The maximum atomic E-state index is 12.7. The molecular weight excluding hydrogens is 266 g/mol. The molecule has 1 saturated heterocycles. The van der Waals surface area contributed by atoms with Crippen LogP contribution in [0.25, 0.3) is 0 Å². The van der Waals surface area contributed by atoms with Crippen molar-refractivity contribution in [2.75, 3.05) is 26.7 Å². The van der Waals surface area contributed by atoms with Crippen molar-refractivity contribution in [3.05, 3.63) is 0 Å². The number of carbonyl (C=O) groups excluding carboxylic acids is 2. The third-order valence-corrected chi connectivity index (χ3v) is 4.80. The molecule has 0 unspecified atom stereocenters. The lowest BCUT2D eigenvalue weighted by atomic mass is 10.00. The molecule has 120 valence electrons. The topological polar surface area (TPSA) is 52.7 Å². The van der Waals surface area contributed by atoms with E-state index in [0.717, 1.165) is 58.0 Å². The lowest BCUT2D eigenvalue weighted by Crippen LogP contribution is -2.51. The molecule has 2 aliphatic rings. The minimum absolute atomic E-state index is 0.00380. The van der Waals surface area contributed by atoms with Crippen LogP contribution in [0, 0.1) is 5.92 Å². The first-order valence-corrected chi connectivity index (χ1v) is 8.44. The second-order valence-electron chi connectivity index (χ2n) is 6.31. The zero-order chi connectivity index (χ0) is 15.2. The Morgan fingerprint density at radius 2 is 1.86 bits per heavy atom. The first-order chi connectivity index (χ1) is 10.1. The second-order valence-corrected chi connectivity index (χ2v) is 6.31. The number of hydrogen-bond donors (Lipinski definition) is 1. The molecule has 0 aromatic rings. The summed E-state index contributed by atoms with van der Waals surface area (Å²) >= 11 is 0. The van der Waals surface area contributed by atoms with E-state index >= 15 is 0 Å². The van der Waals surface area contributed by atoms with E-state index in [1.165, 1.54) is 0 Å². The Bertz CT molecular complexity index is 373. The van der Waals surface area contributed by atoms with Gasteiger partial charge < -0.3 is 15.1 Å². The lowest BCUT2D eigenvalue weighted by Gasteiger charge is -2.33. The highest BCUT2D eigenvalue weighted by molar-refractivity contribution is 5.81. The van der Waals surface area contributed by atoms with Gasteiger partial charge in [0, 0.05) is 32.7 Å². The van der Waals surface area contributed by atoms with Gasteiger partial charge >= 0.3 is 6.03 Å². The number of hydrogen-bond acceptors (Lipinski definition) is 2. The van der Waals surface area contributed by atoms with Crippen molar-refractivity contribution in [1.29, 1.82) is 0 Å². The minimum Gasteiger partial charge on any atom is -0.345 e. The summed E-state index contributed by atoms with van der Waals surface area (Å²) in [5.41, 5.74) is 0. The Labute approximate surface area is 128 Å². The summed E-state index contributed by atoms with van der Waals surface area (Å²) in [7, 11) is 1.91. The van der Waals surface area contributed by atoms with Gasteiger partial charge in [0.2, 0.25) is 5.91 Å². The molecule has 1 N–H and O–H groups in total. The van der Waals surface area contributed by atoms with Gasteiger partial charge in [0.1, 0.15) is 0 Å². The first-order valence-electron chi connectivity index (χ1n) is 8.44. The summed E-state index contributed by atoms with van der Waals surface area (Å²) in [6.45, 7) is 4.21. The summed E-state index contributed by atoms with van der Waals surface area (Å²) in [6.07, 6.45) is 7.31. The number of rotatable bonds is 1. The van der Waals surface area contributed by atoms with Gasteiger partial charge in [-0.05, 0) is 32.6 Å². The van der Waals surface area contributed by atoms with Crippen molar-refractivity contribution < 1.29 is 9.59 Å². The van der Waals surface area contributed by atoms with E-state index in [2.05, 4.69) is 5.32 Å². The van der Waals surface area contributed by atoms with Crippen molar-refractivity contribution in [1.82, 2.24) is 15.1 Å². The van der Waals surface area contributed by atoms with Crippen molar-refractivity contribution in [2.45, 2.75) is 57.9 Å². The van der Waals surface area contributed by atoms with Crippen LogP contribution in [-0.2, 0) is 4.79 Å². The Morgan fingerprint density at radius 1 is 1.14 bits per heavy atom. The minimum atomic E-state index is -0.00398. The Kier molecular flexibility index (Phi) is 5.88. The standard InChI is InChI=1S/C16H29N3O2/c1-3-17-16(21)19-12-7-5-4-6-11-18(2)15(20)13-9-8-10-14(13)19/h13-14H,3-12H2,1-2H3,(H,17,21)/t13-,14+/m1/s1. The van der Waals surface area contributed by atoms with Gasteiger partial charge in [-0.3, -0.25) is 4.79 Å². The van der Waals surface area contributed by atoms with E-state index in [-0.39, 0.29) is 23.9 Å². The van der Waals surface area contributed by atoms with Crippen LogP contribution in [0.1, 0.15) is 51.9 Å². The molecule has 0 bridgehead atoms. The molecule has 1 saturated carbocycles. The van der Waals surface area contributed by atoms with Gasteiger partial charge in [0.05, 0.1) is 5.92 Å². The molecule has 1 aliphatic heterocycles. The Morgan fingerprint density at radius 3 is 2.57 bits per heavy atom. The number of urea groups is 1. The molecule has 0 aromatic heterocycles. The maximum absolute atomic E-state index is 12.7. The molecule has 2 atom stereocenters. The van der Waals surface area contributed by atoms with Crippen LogP contribution in [0.4, 0.5) is 4.79 Å². The molecule has 1 aliphatic carbocycles. The summed E-state index contributed by atoms with van der Waals surface area (Å²) in [5.74, 6) is 0.226. The van der Waals surface area contributed by atoms with Gasteiger partial charge in [0.15, 0.2) is 0 Å². The zero-order valence-electron chi connectivity index (χ0n) is 13.4. The Balaban J connectivity index is 2.17. The highest BCUT2D eigenvalue weighted by Crippen LogP contribution is 2.32. The molecule has 5 heteroatoms. The van der Waals surface area contributed by atoms with Crippen LogP contribution in [0.2, 0.25) is 0 Å². The third-order valence-electron chi connectivity index (χ3n) is 4.80. The van der Waals surface area contributed by atoms with E-state index in [9.17, 15) is 9.59 Å². The fourth-order valence-corrected chi connectivity index (χ4v) is 3.65. The van der Waals surface area contributed by atoms with Crippen LogP contribution >= 0.6 is 0 Å².